The zero-order valence-corrected chi connectivity index (χ0v) is 17.4. The fraction of sp³-hybridized carbons (Fsp3) is 0.167. The van der Waals surface area contributed by atoms with Gasteiger partial charge in [-0.05, 0) is 63.1 Å². The van der Waals surface area contributed by atoms with Crippen molar-refractivity contribution >= 4 is 33.3 Å². The first kappa shape index (κ1) is 18.6. The molecule has 0 unspecified atom stereocenters. The zero-order chi connectivity index (χ0) is 19.7. The van der Waals surface area contributed by atoms with Gasteiger partial charge >= 0.3 is 0 Å². The number of aromatic nitrogens is 6. The molecule has 10 heteroatoms. The number of ether oxygens (including phenoxy) is 1. The predicted molar refractivity (Wildman–Crippen MR) is 109 cm³/mol. The Bertz CT molecular complexity index is 1220. The first-order chi connectivity index (χ1) is 13.5. The number of rotatable bonds is 5. The first-order valence-corrected chi connectivity index (χ1v) is 10.1. The molecule has 0 atom stereocenters. The van der Waals surface area contributed by atoms with E-state index in [4.69, 9.17) is 4.74 Å². The van der Waals surface area contributed by atoms with E-state index in [0.717, 1.165) is 15.7 Å². The fourth-order valence-corrected chi connectivity index (χ4v) is 3.84. The summed E-state index contributed by atoms with van der Waals surface area (Å²) >= 11 is 4.76. The van der Waals surface area contributed by atoms with Gasteiger partial charge in [-0.25, -0.2) is 4.98 Å². The Kier molecular flexibility index (Phi) is 5.14. The van der Waals surface area contributed by atoms with Gasteiger partial charge in [0.15, 0.2) is 0 Å². The topological polar surface area (TPSA) is 87.2 Å². The fourth-order valence-electron chi connectivity index (χ4n) is 2.72. The molecule has 8 nitrogen and oxygen atoms in total. The molecule has 0 aliphatic carbocycles. The van der Waals surface area contributed by atoms with Crippen LogP contribution in [0, 0.1) is 6.92 Å². The highest BCUT2D eigenvalue weighted by molar-refractivity contribution is 9.10. The number of tetrazole rings is 1. The van der Waals surface area contributed by atoms with Gasteiger partial charge in [-0.15, -0.1) is 5.10 Å². The quantitative estimate of drug-likeness (QED) is 0.424. The van der Waals surface area contributed by atoms with Crippen LogP contribution in [0.15, 0.2) is 57.0 Å². The third-order valence-corrected chi connectivity index (χ3v) is 5.45. The molecule has 0 N–H and O–H groups in total. The summed E-state index contributed by atoms with van der Waals surface area (Å²) in [7, 11) is 1.61. The monoisotopic (exact) mass is 458 g/mol. The molecule has 0 aliphatic heterocycles. The van der Waals surface area contributed by atoms with Gasteiger partial charge < -0.3 is 4.74 Å². The lowest BCUT2D eigenvalue weighted by Crippen LogP contribution is -2.15. The van der Waals surface area contributed by atoms with E-state index in [1.807, 2.05) is 31.2 Å². The van der Waals surface area contributed by atoms with Gasteiger partial charge in [0, 0.05) is 22.5 Å². The van der Waals surface area contributed by atoms with Gasteiger partial charge in [0.25, 0.3) is 5.56 Å². The molecule has 28 heavy (non-hydrogen) atoms. The molecule has 0 aliphatic rings. The minimum absolute atomic E-state index is 0.137. The molecular formula is C18H15BrN6O2S. The molecule has 3 heterocycles. The van der Waals surface area contributed by atoms with E-state index in [9.17, 15) is 4.79 Å². The lowest BCUT2D eigenvalue weighted by atomic mass is 10.2. The van der Waals surface area contributed by atoms with Crippen LogP contribution in [0.5, 0.6) is 5.75 Å². The number of halogens is 1. The van der Waals surface area contributed by atoms with Crippen LogP contribution in [0.2, 0.25) is 0 Å². The molecule has 0 fully saturated rings. The van der Waals surface area contributed by atoms with E-state index in [1.165, 1.54) is 22.2 Å². The molecule has 1 aromatic carbocycles. The molecule has 0 spiro atoms. The van der Waals surface area contributed by atoms with Gasteiger partial charge in [-0.2, -0.15) is 4.68 Å². The number of methoxy groups -OCH3 is 1. The van der Waals surface area contributed by atoms with Crippen molar-refractivity contribution in [1.29, 1.82) is 0 Å². The van der Waals surface area contributed by atoms with Crippen LogP contribution >= 0.6 is 27.7 Å². The standard InChI is InChI=1S/C18H15BrN6O2S/c1-11-3-5-15(27-2)14(7-11)25-18(21-22-23-25)28-10-13-8-17(26)24-9-12(19)4-6-16(24)20-13/h3-9H,10H2,1-2H3. The van der Waals surface area contributed by atoms with Gasteiger partial charge in [-0.3, -0.25) is 9.20 Å². The van der Waals surface area contributed by atoms with E-state index in [2.05, 4.69) is 36.4 Å². The first-order valence-electron chi connectivity index (χ1n) is 8.29. The summed E-state index contributed by atoms with van der Waals surface area (Å²) < 4.78 is 9.37. The van der Waals surface area contributed by atoms with E-state index in [1.54, 1.807) is 24.1 Å². The van der Waals surface area contributed by atoms with E-state index < -0.39 is 0 Å². The summed E-state index contributed by atoms with van der Waals surface area (Å²) in [5, 5.41) is 12.6. The number of fused-ring (bicyclic) bond motifs is 1. The van der Waals surface area contributed by atoms with Crippen molar-refractivity contribution in [2.24, 2.45) is 0 Å². The minimum Gasteiger partial charge on any atom is -0.494 e. The van der Waals surface area contributed by atoms with Crippen LogP contribution in [0.1, 0.15) is 11.3 Å². The summed E-state index contributed by atoms with van der Waals surface area (Å²) in [6.45, 7) is 1.99. The molecule has 0 radical (unpaired) electrons. The number of aryl methyl sites for hydroxylation is 1. The highest BCUT2D eigenvalue weighted by atomic mass is 79.9. The van der Waals surface area contributed by atoms with Gasteiger partial charge in [0.2, 0.25) is 5.16 Å². The third-order valence-electron chi connectivity index (χ3n) is 4.03. The molecule has 0 saturated carbocycles. The summed E-state index contributed by atoms with van der Waals surface area (Å²) in [6.07, 6.45) is 1.70. The normalized spacial score (nSPS) is 11.1. The predicted octanol–water partition coefficient (Wildman–Crippen LogP) is 3.04. The van der Waals surface area contributed by atoms with Crippen LogP contribution in [0.4, 0.5) is 0 Å². The Labute approximate surface area is 172 Å². The molecule has 4 rings (SSSR count). The number of hydrogen-bond acceptors (Lipinski definition) is 7. The maximum Gasteiger partial charge on any atom is 0.258 e. The molecular weight excluding hydrogens is 444 g/mol. The Balaban J connectivity index is 1.63. The second kappa shape index (κ2) is 7.72. The number of nitrogens with zero attached hydrogens (tertiary/aromatic N) is 6. The molecule has 0 bridgehead atoms. The van der Waals surface area contributed by atoms with E-state index in [-0.39, 0.29) is 5.56 Å². The van der Waals surface area contributed by atoms with Crippen molar-refractivity contribution < 1.29 is 4.74 Å². The van der Waals surface area contributed by atoms with Gasteiger partial charge in [0.05, 0.1) is 12.8 Å². The molecule has 4 aromatic rings. The number of thioether (sulfide) groups is 1. The van der Waals surface area contributed by atoms with E-state index >= 15 is 0 Å². The number of pyridine rings is 1. The second-order valence-corrected chi connectivity index (χ2v) is 7.86. The third kappa shape index (κ3) is 3.65. The van der Waals surface area contributed by atoms with Crippen molar-refractivity contribution in [3.8, 4) is 11.4 Å². The summed E-state index contributed by atoms with van der Waals surface area (Å²) in [4.78, 5) is 16.9. The van der Waals surface area contributed by atoms with Crippen molar-refractivity contribution in [2.45, 2.75) is 17.8 Å². The van der Waals surface area contributed by atoms with Crippen LogP contribution in [-0.4, -0.2) is 36.7 Å². The maximum atomic E-state index is 12.4. The van der Waals surface area contributed by atoms with Crippen molar-refractivity contribution in [2.75, 3.05) is 7.11 Å². The molecule has 0 amide bonds. The Morgan fingerprint density at radius 1 is 1.21 bits per heavy atom. The summed E-state index contributed by atoms with van der Waals surface area (Å²) in [6, 6.07) is 11.0. The largest absolute Gasteiger partial charge is 0.494 e. The number of benzene rings is 1. The van der Waals surface area contributed by atoms with Crippen molar-refractivity contribution in [3.63, 3.8) is 0 Å². The minimum atomic E-state index is -0.137. The average molecular weight is 459 g/mol. The highest BCUT2D eigenvalue weighted by Crippen LogP contribution is 2.28. The Hall–Kier alpha value is -2.72. The van der Waals surface area contributed by atoms with Gasteiger partial charge in [0.1, 0.15) is 17.1 Å². The van der Waals surface area contributed by atoms with E-state index in [0.29, 0.717) is 28.0 Å². The van der Waals surface area contributed by atoms with Crippen molar-refractivity contribution in [1.82, 2.24) is 29.6 Å². The van der Waals surface area contributed by atoms with Crippen molar-refractivity contribution in [3.05, 3.63) is 68.7 Å². The number of hydrogen-bond donors (Lipinski definition) is 0. The zero-order valence-electron chi connectivity index (χ0n) is 15.0. The average Bonchev–Trinajstić information content (AvgIpc) is 3.15. The molecule has 142 valence electrons. The molecule has 0 saturated heterocycles. The Morgan fingerprint density at radius 2 is 2.07 bits per heavy atom. The maximum absolute atomic E-state index is 12.4. The summed E-state index contributed by atoms with van der Waals surface area (Å²) in [5.41, 5.74) is 2.93. The van der Waals surface area contributed by atoms with Crippen LogP contribution in [-0.2, 0) is 5.75 Å². The SMILES string of the molecule is COc1ccc(C)cc1-n1nnnc1SCc1cc(=O)n2cc(Br)ccc2n1. The Morgan fingerprint density at radius 3 is 2.89 bits per heavy atom. The lowest BCUT2D eigenvalue weighted by Gasteiger charge is -2.10. The summed E-state index contributed by atoms with van der Waals surface area (Å²) in [5.74, 6) is 1.13. The van der Waals surface area contributed by atoms with Crippen LogP contribution in [0.25, 0.3) is 11.3 Å². The van der Waals surface area contributed by atoms with Crippen LogP contribution in [0.3, 0.4) is 0 Å². The molecule has 3 aromatic heterocycles. The highest BCUT2D eigenvalue weighted by Gasteiger charge is 2.14. The second-order valence-electron chi connectivity index (χ2n) is 6.00. The van der Waals surface area contributed by atoms with Gasteiger partial charge in [-0.1, -0.05) is 17.8 Å². The lowest BCUT2D eigenvalue weighted by molar-refractivity contribution is 0.410. The smallest absolute Gasteiger partial charge is 0.258 e. The van der Waals surface area contributed by atoms with Crippen LogP contribution < -0.4 is 10.3 Å².